The summed E-state index contributed by atoms with van der Waals surface area (Å²) in [4.78, 5) is 28.9. The summed E-state index contributed by atoms with van der Waals surface area (Å²) in [5.41, 5.74) is 0.109. The smallest absolute Gasteiger partial charge is 0.242 e. The highest BCUT2D eigenvalue weighted by Gasteiger charge is 2.72. The average molecular weight is 627 g/mol. The largest absolute Gasteiger partial charge is 0.486 e. The number of halogens is 3. The Morgan fingerprint density at radius 1 is 1.05 bits per heavy atom. The molecule has 1 saturated carbocycles. The van der Waals surface area contributed by atoms with E-state index >= 15 is 4.39 Å². The molecule has 224 valence electrons. The van der Waals surface area contributed by atoms with Crippen LogP contribution in [0.15, 0.2) is 48.5 Å². The molecule has 1 saturated heterocycles. The highest BCUT2D eigenvalue weighted by molar-refractivity contribution is 6.31. The number of nitrogens with one attached hydrogen (secondary N) is 3. The van der Waals surface area contributed by atoms with Gasteiger partial charge in [0.25, 0.3) is 0 Å². The summed E-state index contributed by atoms with van der Waals surface area (Å²) in [6.07, 6.45) is 3.89. The molecule has 0 bridgehead atoms. The molecule has 3 aromatic carbocycles. The van der Waals surface area contributed by atoms with Gasteiger partial charge in [0.05, 0.1) is 23.4 Å². The Hall–Kier alpha value is -3.37. The Bertz CT molecular complexity index is 1650. The molecule has 2 fully saturated rings. The van der Waals surface area contributed by atoms with Crippen molar-refractivity contribution in [3.05, 3.63) is 81.1 Å². The number of hydrogen-bond donors (Lipinski definition) is 4. The number of amides is 2. The summed E-state index contributed by atoms with van der Waals surface area (Å²) in [5.74, 6) is -1.72. The predicted molar refractivity (Wildman–Crippen MR) is 161 cm³/mol. The molecule has 1 aliphatic carbocycles. The molecule has 0 unspecified atom stereocenters. The first kappa shape index (κ1) is 28.4. The van der Waals surface area contributed by atoms with Crippen LogP contribution in [-0.2, 0) is 21.6 Å². The highest BCUT2D eigenvalue weighted by Crippen LogP contribution is 2.63. The second-order valence-electron chi connectivity index (χ2n) is 11.6. The van der Waals surface area contributed by atoms with E-state index in [4.69, 9.17) is 32.7 Å². The van der Waals surface area contributed by atoms with Gasteiger partial charge in [-0.25, -0.2) is 4.39 Å². The Balaban J connectivity index is 1.41. The number of aliphatic hydroxyl groups excluding tert-OH is 1. The third kappa shape index (κ3) is 4.16. The number of benzene rings is 3. The van der Waals surface area contributed by atoms with E-state index in [0.29, 0.717) is 58.5 Å². The van der Waals surface area contributed by atoms with Crippen molar-refractivity contribution in [1.82, 2.24) is 5.32 Å². The van der Waals surface area contributed by atoms with Crippen LogP contribution < -0.4 is 25.4 Å². The zero-order valence-corrected chi connectivity index (χ0v) is 24.7. The van der Waals surface area contributed by atoms with Crippen LogP contribution in [0.1, 0.15) is 54.7 Å². The number of aliphatic hydroxyl groups is 1. The molecule has 3 aromatic rings. The van der Waals surface area contributed by atoms with Gasteiger partial charge in [-0.3, -0.25) is 14.9 Å². The van der Waals surface area contributed by atoms with Gasteiger partial charge < -0.3 is 25.2 Å². The van der Waals surface area contributed by atoms with Crippen LogP contribution in [0.4, 0.5) is 15.8 Å². The SMILES string of the molecule is O=C(Nc1ccc(CO)c2c1OCCO2)[C@@H]1NC2(CCCCC2)[C@@]2(C(=O)Nc3cc(Cl)ccc32)[C@H]1c1cccc(Cl)c1F. The van der Waals surface area contributed by atoms with E-state index < -0.39 is 34.6 Å². The van der Waals surface area contributed by atoms with E-state index in [1.807, 2.05) is 6.07 Å². The molecule has 4 aliphatic rings. The molecule has 3 atom stereocenters. The van der Waals surface area contributed by atoms with E-state index in [2.05, 4.69) is 16.0 Å². The number of ether oxygens (including phenoxy) is 2. The third-order valence-corrected chi connectivity index (χ3v) is 10.0. The van der Waals surface area contributed by atoms with E-state index in [0.717, 1.165) is 19.3 Å². The summed E-state index contributed by atoms with van der Waals surface area (Å²) in [6, 6.07) is 12.2. The maximum absolute atomic E-state index is 16.1. The second kappa shape index (κ2) is 10.7. The minimum atomic E-state index is -1.33. The number of carbonyl (C=O) groups excluding carboxylic acids is 2. The monoisotopic (exact) mass is 625 g/mol. The quantitative estimate of drug-likeness (QED) is 0.297. The molecule has 3 aliphatic heterocycles. The zero-order chi connectivity index (χ0) is 29.9. The van der Waals surface area contributed by atoms with Crippen LogP contribution in [0.3, 0.4) is 0 Å². The van der Waals surface area contributed by atoms with Gasteiger partial charge in [0, 0.05) is 27.7 Å². The number of carbonyl (C=O) groups is 2. The zero-order valence-electron chi connectivity index (χ0n) is 23.1. The normalized spacial score (nSPS) is 25.1. The van der Waals surface area contributed by atoms with E-state index in [1.54, 1.807) is 36.4 Å². The first-order valence-electron chi connectivity index (χ1n) is 14.5. The summed E-state index contributed by atoms with van der Waals surface area (Å²) < 4.78 is 27.7. The number of fused-ring (bicyclic) bond motifs is 4. The fourth-order valence-corrected chi connectivity index (χ4v) is 8.20. The van der Waals surface area contributed by atoms with Crippen LogP contribution in [-0.4, -0.2) is 41.7 Å². The van der Waals surface area contributed by atoms with Gasteiger partial charge in [0.1, 0.15) is 24.4 Å². The molecule has 3 heterocycles. The van der Waals surface area contributed by atoms with Gasteiger partial charge in [-0.1, -0.05) is 66.7 Å². The van der Waals surface area contributed by atoms with Crippen molar-refractivity contribution in [2.45, 2.75) is 61.6 Å². The van der Waals surface area contributed by atoms with Crippen LogP contribution in [0.25, 0.3) is 0 Å². The predicted octanol–water partition coefficient (Wildman–Crippen LogP) is 5.68. The fraction of sp³-hybridized carbons (Fsp3) is 0.375. The Morgan fingerprint density at radius 2 is 1.81 bits per heavy atom. The van der Waals surface area contributed by atoms with Crippen molar-refractivity contribution in [3.8, 4) is 11.5 Å². The molecule has 4 N–H and O–H groups in total. The topological polar surface area (TPSA) is 109 Å². The molecular weight excluding hydrogens is 596 g/mol. The summed E-state index contributed by atoms with van der Waals surface area (Å²) in [7, 11) is 0. The molecule has 2 spiro atoms. The molecular formula is C32H30Cl2FN3O5. The highest BCUT2D eigenvalue weighted by atomic mass is 35.5. The van der Waals surface area contributed by atoms with E-state index in [1.165, 1.54) is 6.07 Å². The van der Waals surface area contributed by atoms with Crippen molar-refractivity contribution in [2.24, 2.45) is 0 Å². The first-order chi connectivity index (χ1) is 20.8. The maximum atomic E-state index is 16.1. The van der Waals surface area contributed by atoms with E-state index in [-0.39, 0.29) is 29.7 Å². The first-order valence-corrected chi connectivity index (χ1v) is 15.2. The number of hydrogen-bond acceptors (Lipinski definition) is 6. The minimum Gasteiger partial charge on any atom is -0.486 e. The van der Waals surface area contributed by atoms with E-state index in [9.17, 15) is 14.7 Å². The third-order valence-electron chi connectivity index (χ3n) is 9.50. The second-order valence-corrected chi connectivity index (χ2v) is 12.5. The van der Waals surface area contributed by atoms with Gasteiger partial charge in [-0.2, -0.15) is 0 Å². The molecule has 43 heavy (non-hydrogen) atoms. The minimum absolute atomic E-state index is 0.0923. The molecule has 7 rings (SSSR count). The summed E-state index contributed by atoms with van der Waals surface area (Å²) in [6.45, 7) is 0.319. The van der Waals surface area contributed by atoms with Gasteiger partial charge in [0.2, 0.25) is 11.8 Å². The molecule has 0 aromatic heterocycles. The molecule has 2 amide bonds. The molecule has 0 radical (unpaired) electrons. The van der Waals surface area contributed by atoms with Crippen molar-refractivity contribution in [3.63, 3.8) is 0 Å². The van der Waals surface area contributed by atoms with Crippen molar-refractivity contribution >= 4 is 46.4 Å². The number of anilines is 2. The average Bonchev–Trinajstić information content (AvgIpc) is 3.46. The lowest BCUT2D eigenvalue weighted by Crippen LogP contribution is -2.60. The fourth-order valence-electron chi connectivity index (χ4n) is 7.84. The Kier molecular flexibility index (Phi) is 7.04. The van der Waals surface area contributed by atoms with Gasteiger partial charge in [-0.15, -0.1) is 0 Å². The lowest BCUT2D eigenvalue weighted by molar-refractivity contribution is -0.124. The Labute approximate surface area is 257 Å². The van der Waals surface area contributed by atoms with Crippen LogP contribution in [0.5, 0.6) is 11.5 Å². The Morgan fingerprint density at radius 3 is 2.58 bits per heavy atom. The van der Waals surface area contributed by atoms with Crippen LogP contribution in [0, 0.1) is 5.82 Å². The lowest BCUT2D eigenvalue weighted by atomic mass is 9.55. The van der Waals surface area contributed by atoms with Crippen molar-refractivity contribution in [2.75, 3.05) is 23.8 Å². The lowest BCUT2D eigenvalue weighted by Gasteiger charge is -2.47. The standard InChI is InChI=1S/C32H30Cl2FN3O5/c33-18-8-9-20-23(15-18)37-30(41)32(20)24(19-5-4-6-21(34)25(19)35)26(38-31(32)11-2-1-3-12-31)29(40)36-22-10-7-17(16-39)27-28(22)43-14-13-42-27/h4-10,15,24,26,38-39H,1-3,11-14,16H2,(H,36,40)(H,37,41)/t24-,26+,32+/m0/s1. The van der Waals surface area contributed by atoms with Gasteiger partial charge in [0.15, 0.2) is 11.5 Å². The van der Waals surface area contributed by atoms with Crippen LogP contribution in [0.2, 0.25) is 10.0 Å². The summed E-state index contributed by atoms with van der Waals surface area (Å²) in [5, 5.41) is 19.8. The maximum Gasteiger partial charge on any atom is 0.242 e. The van der Waals surface area contributed by atoms with Crippen molar-refractivity contribution < 1.29 is 28.6 Å². The van der Waals surface area contributed by atoms with Gasteiger partial charge in [-0.05, 0) is 48.2 Å². The molecule has 8 nitrogen and oxygen atoms in total. The van der Waals surface area contributed by atoms with Crippen LogP contribution >= 0.6 is 23.2 Å². The summed E-state index contributed by atoms with van der Waals surface area (Å²) >= 11 is 12.7. The number of rotatable bonds is 4. The van der Waals surface area contributed by atoms with Gasteiger partial charge >= 0.3 is 0 Å². The molecule has 11 heteroatoms. The van der Waals surface area contributed by atoms with Crippen molar-refractivity contribution in [1.29, 1.82) is 0 Å².